The average Bonchev–Trinajstić information content (AvgIpc) is 3.13. The molecule has 1 aromatic heterocycles. The van der Waals surface area contributed by atoms with Crippen molar-refractivity contribution >= 4 is 22.8 Å². The van der Waals surface area contributed by atoms with Crippen molar-refractivity contribution in [2.24, 2.45) is 0 Å². The molecule has 1 unspecified atom stereocenters. The Labute approximate surface area is 153 Å². The molecule has 3 rings (SSSR count). The molecule has 0 bridgehead atoms. The zero-order chi connectivity index (χ0) is 18.8. The van der Waals surface area contributed by atoms with Crippen LogP contribution in [0.5, 0.6) is 5.75 Å². The van der Waals surface area contributed by atoms with Crippen LogP contribution < -0.4 is 10.1 Å². The van der Waals surface area contributed by atoms with E-state index in [1.807, 2.05) is 51.1 Å². The monoisotopic (exact) mass is 352 g/mol. The highest BCUT2D eigenvalue weighted by molar-refractivity contribution is 5.94. The first-order valence-corrected chi connectivity index (χ1v) is 8.54. The summed E-state index contributed by atoms with van der Waals surface area (Å²) >= 11 is 0. The number of hydrogen-bond donors (Lipinski definition) is 2. The fraction of sp³-hybridized carbons (Fsp3) is 0.300. The zero-order valence-electron chi connectivity index (χ0n) is 15.8. The number of rotatable bonds is 4. The van der Waals surface area contributed by atoms with Crippen LogP contribution in [0.3, 0.4) is 0 Å². The molecule has 2 aromatic carbocycles. The molecule has 0 fully saturated rings. The molecule has 1 atom stereocenters. The molecule has 0 radical (unpaired) electrons. The average molecular weight is 352 g/mol. The van der Waals surface area contributed by atoms with Gasteiger partial charge in [-0.2, -0.15) is 0 Å². The Morgan fingerprint density at radius 2 is 2.00 bits per heavy atom. The molecule has 1 heterocycles. The molecule has 0 spiro atoms. The van der Waals surface area contributed by atoms with Gasteiger partial charge in [-0.3, -0.25) is 0 Å². The molecule has 0 aliphatic carbocycles. The van der Waals surface area contributed by atoms with Gasteiger partial charge in [0.15, 0.2) is 0 Å². The predicted molar refractivity (Wildman–Crippen MR) is 104 cm³/mol. The number of carbonyl (C=O) groups is 1. The van der Waals surface area contributed by atoms with Crippen molar-refractivity contribution in [3.05, 3.63) is 53.3 Å². The number of H-pyrrole nitrogens is 1. The third-order valence-corrected chi connectivity index (χ3v) is 5.01. The molecule has 136 valence electrons. The molecule has 2 N–H and O–H groups in total. The van der Waals surface area contributed by atoms with E-state index in [0.29, 0.717) is 0 Å². The van der Waals surface area contributed by atoms with Crippen LogP contribution in [0.25, 0.3) is 11.0 Å². The third-order valence-electron chi connectivity index (χ3n) is 5.01. The quantitative estimate of drug-likeness (QED) is 0.730. The first kappa shape index (κ1) is 17.8. The lowest BCUT2D eigenvalue weighted by Crippen LogP contribution is -2.34. The minimum absolute atomic E-state index is 0.136. The molecule has 0 saturated heterocycles. The van der Waals surface area contributed by atoms with Gasteiger partial charge in [-0.05, 0) is 44.0 Å². The number of carbonyl (C=O) groups excluding carboxylic acids is 1. The van der Waals surface area contributed by atoms with Crippen LogP contribution in [0.2, 0.25) is 0 Å². The van der Waals surface area contributed by atoms with Gasteiger partial charge in [0.1, 0.15) is 5.75 Å². The van der Waals surface area contributed by atoms with Crippen LogP contribution in [0.4, 0.5) is 10.5 Å². The molecule has 6 nitrogen and oxygen atoms in total. The van der Waals surface area contributed by atoms with Gasteiger partial charge in [-0.15, -0.1) is 0 Å². The minimum atomic E-state index is -0.176. The van der Waals surface area contributed by atoms with Crippen LogP contribution in [-0.4, -0.2) is 35.1 Å². The highest BCUT2D eigenvalue weighted by atomic mass is 16.5. The molecule has 0 aliphatic rings. The number of benzene rings is 2. The lowest BCUT2D eigenvalue weighted by atomic mass is 10.1. The van der Waals surface area contributed by atoms with E-state index in [2.05, 4.69) is 15.3 Å². The lowest BCUT2D eigenvalue weighted by molar-refractivity contribution is 0.207. The van der Waals surface area contributed by atoms with Crippen LogP contribution in [0.1, 0.15) is 29.7 Å². The van der Waals surface area contributed by atoms with Crippen molar-refractivity contribution in [3.63, 3.8) is 0 Å². The van der Waals surface area contributed by atoms with Gasteiger partial charge in [0.2, 0.25) is 0 Å². The standard InChI is InChI=1S/C20H24N4O2/c1-12-13(2)19-17(21-11-22-19)10-16(12)23-20(25)24(4)14(3)15-8-6-7-9-18(15)26-5/h6-11,14H,1-5H3,(H,21,22)(H,23,25). The molecule has 6 heteroatoms. The molecule has 26 heavy (non-hydrogen) atoms. The number of anilines is 1. The number of imidazole rings is 1. The Balaban J connectivity index is 1.84. The van der Waals surface area contributed by atoms with Gasteiger partial charge in [0.25, 0.3) is 0 Å². The third kappa shape index (κ3) is 3.10. The summed E-state index contributed by atoms with van der Waals surface area (Å²) in [7, 11) is 3.42. The van der Waals surface area contributed by atoms with E-state index in [-0.39, 0.29) is 12.1 Å². The molecule has 2 amide bonds. The number of nitrogens with zero attached hydrogens (tertiary/aromatic N) is 2. The maximum absolute atomic E-state index is 12.8. The number of methoxy groups -OCH3 is 1. The Morgan fingerprint density at radius 3 is 2.73 bits per heavy atom. The van der Waals surface area contributed by atoms with Crippen molar-refractivity contribution in [3.8, 4) is 5.75 Å². The maximum Gasteiger partial charge on any atom is 0.322 e. The smallest absolute Gasteiger partial charge is 0.322 e. The highest BCUT2D eigenvalue weighted by Gasteiger charge is 2.21. The van der Waals surface area contributed by atoms with Crippen molar-refractivity contribution in [2.75, 3.05) is 19.5 Å². The summed E-state index contributed by atoms with van der Waals surface area (Å²) in [4.78, 5) is 21.9. The number of aryl methyl sites for hydroxylation is 1. The Bertz CT molecular complexity index is 948. The minimum Gasteiger partial charge on any atom is -0.496 e. The summed E-state index contributed by atoms with van der Waals surface area (Å²) < 4.78 is 5.42. The van der Waals surface area contributed by atoms with Gasteiger partial charge >= 0.3 is 6.03 Å². The normalized spacial score (nSPS) is 12.0. The van der Waals surface area contributed by atoms with E-state index >= 15 is 0 Å². The number of hydrogen-bond acceptors (Lipinski definition) is 3. The van der Waals surface area contributed by atoms with Gasteiger partial charge < -0.3 is 19.9 Å². The number of aromatic nitrogens is 2. The second-order valence-electron chi connectivity index (χ2n) is 6.43. The lowest BCUT2D eigenvalue weighted by Gasteiger charge is -2.27. The van der Waals surface area contributed by atoms with E-state index in [9.17, 15) is 4.79 Å². The predicted octanol–water partition coefficient (Wildman–Crippen LogP) is 4.41. The van der Waals surface area contributed by atoms with Crippen molar-refractivity contribution in [1.82, 2.24) is 14.9 Å². The van der Waals surface area contributed by atoms with Crippen molar-refractivity contribution < 1.29 is 9.53 Å². The van der Waals surface area contributed by atoms with Crippen LogP contribution in [0.15, 0.2) is 36.7 Å². The Kier molecular flexibility index (Phi) is 4.84. The number of fused-ring (bicyclic) bond motifs is 1. The van der Waals surface area contributed by atoms with Crippen LogP contribution in [-0.2, 0) is 0 Å². The number of ether oxygens (including phenoxy) is 1. The van der Waals surface area contributed by atoms with Gasteiger partial charge in [0, 0.05) is 18.3 Å². The SMILES string of the molecule is COc1ccccc1C(C)N(C)C(=O)Nc1cc2[nH]cnc2c(C)c1C. The summed E-state index contributed by atoms with van der Waals surface area (Å²) in [5, 5.41) is 3.02. The first-order valence-electron chi connectivity index (χ1n) is 8.54. The molecule has 0 saturated carbocycles. The van der Waals surface area contributed by atoms with E-state index in [1.54, 1.807) is 25.4 Å². The Morgan fingerprint density at radius 1 is 1.27 bits per heavy atom. The van der Waals surface area contributed by atoms with E-state index in [0.717, 1.165) is 39.2 Å². The summed E-state index contributed by atoms with van der Waals surface area (Å²) in [6.45, 7) is 5.98. The fourth-order valence-corrected chi connectivity index (χ4v) is 3.07. The van der Waals surface area contributed by atoms with Crippen molar-refractivity contribution in [2.45, 2.75) is 26.8 Å². The van der Waals surface area contributed by atoms with Gasteiger partial charge in [-0.25, -0.2) is 9.78 Å². The summed E-state index contributed by atoms with van der Waals surface area (Å²) in [6, 6.07) is 9.34. The summed E-state index contributed by atoms with van der Waals surface area (Å²) in [5.41, 5.74) is 5.64. The second kappa shape index (κ2) is 7.07. The maximum atomic E-state index is 12.8. The second-order valence-corrected chi connectivity index (χ2v) is 6.43. The van der Waals surface area contributed by atoms with Crippen LogP contribution in [0, 0.1) is 13.8 Å². The number of nitrogens with one attached hydrogen (secondary N) is 2. The van der Waals surface area contributed by atoms with Gasteiger partial charge in [-0.1, -0.05) is 18.2 Å². The molecular formula is C20H24N4O2. The number of aromatic amines is 1. The van der Waals surface area contributed by atoms with E-state index < -0.39 is 0 Å². The van der Waals surface area contributed by atoms with E-state index in [4.69, 9.17) is 4.74 Å². The van der Waals surface area contributed by atoms with Gasteiger partial charge in [0.05, 0.1) is 30.5 Å². The zero-order valence-corrected chi connectivity index (χ0v) is 15.8. The number of para-hydroxylation sites is 1. The molecular weight excluding hydrogens is 328 g/mol. The fourth-order valence-electron chi connectivity index (χ4n) is 3.07. The van der Waals surface area contributed by atoms with Crippen LogP contribution >= 0.6 is 0 Å². The molecule has 0 aliphatic heterocycles. The summed E-state index contributed by atoms with van der Waals surface area (Å²) in [6.07, 6.45) is 1.67. The summed E-state index contributed by atoms with van der Waals surface area (Å²) in [5.74, 6) is 0.769. The number of amides is 2. The topological polar surface area (TPSA) is 70.2 Å². The highest BCUT2D eigenvalue weighted by Crippen LogP contribution is 2.30. The van der Waals surface area contributed by atoms with Crippen molar-refractivity contribution in [1.29, 1.82) is 0 Å². The first-order chi connectivity index (χ1) is 12.4. The largest absolute Gasteiger partial charge is 0.496 e. The van der Waals surface area contributed by atoms with E-state index in [1.165, 1.54) is 0 Å². The molecule has 3 aromatic rings. The Hall–Kier alpha value is -3.02. The number of urea groups is 1.